The zero-order chi connectivity index (χ0) is 8.72. The summed E-state index contributed by atoms with van der Waals surface area (Å²) in [4.78, 5) is 0. The van der Waals surface area contributed by atoms with E-state index >= 15 is 0 Å². The average Bonchev–Trinajstić information content (AvgIpc) is 2.41. The molecular formula is C7H8N4O. The highest BCUT2D eigenvalue weighted by atomic mass is 16.3. The lowest BCUT2D eigenvalue weighted by atomic mass is 10.3. The fourth-order valence-electron chi connectivity index (χ4n) is 1.08. The summed E-state index contributed by atoms with van der Waals surface area (Å²) in [6, 6.07) is 0. The number of hydrogen-bond donors (Lipinski definition) is 1. The van der Waals surface area contributed by atoms with Crippen molar-refractivity contribution in [1.29, 1.82) is 0 Å². The highest BCUT2D eigenvalue weighted by Gasteiger charge is 2.08. The standard InChI is InChI=1S/C7H8N4O/c1-4-6(12)5-3-8-11(2)7(5)10-9-4/h3H,1-2H3,(H,10,12). The average molecular weight is 164 g/mol. The quantitative estimate of drug-likeness (QED) is 0.611. The van der Waals surface area contributed by atoms with Crippen LogP contribution >= 0.6 is 0 Å². The Morgan fingerprint density at radius 2 is 2.17 bits per heavy atom. The van der Waals surface area contributed by atoms with Crippen LogP contribution in [0.25, 0.3) is 11.0 Å². The van der Waals surface area contributed by atoms with Crippen molar-refractivity contribution >= 4 is 11.0 Å². The summed E-state index contributed by atoms with van der Waals surface area (Å²) in [5.41, 5.74) is 1.12. The molecule has 5 heteroatoms. The van der Waals surface area contributed by atoms with Crippen molar-refractivity contribution in [3.8, 4) is 5.75 Å². The van der Waals surface area contributed by atoms with E-state index in [9.17, 15) is 5.11 Å². The first-order chi connectivity index (χ1) is 5.70. The van der Waals surface area contributed by atoms with Gasteiger partial charge in [0.2, 0.25) is 0 Å². The largest absolute Gasteiger partial charge is 0.505 e. The molecule has 0 atom stereocenters. The Morgan fingerprint density at radius 1 is 1.42 bits per heavy atom. The Bertz CT molecular complexity index is 434. The minimum Gasteiger partial charge on any atom is -0.505 e. The van der Waals surface area contributed by atoms with Crippen molar-refractivity contribution in [3.05, 3.63) is 11.9 Å². The van der Waals surface area contributed by atoms with Crippen LogP contribution in [0.4, 0.5) is 0 Å². The second kappa shape index (κ2) is 2.17. The summed E-state index contributed by atoms with van der Waals surface area (Å²) in [7, 11) is 1.76. The van der Waals surface area contributed by atoms with Crippen LogP contribution in [0.3, 0.4) is 0 Å². The van der Waals surface area contributed by atoms with E-state index in [0.29, 0.717) is 16.7 Å². The molecule has 2 rings (SSSR count). The predicted octanol–water partition coefficient (Wildman–Crippen LogP) is 0.377. The van der Waals surface area contributed by atoms with Crippen LogP contribution in [0, 0.1) is 6.92 Å². The SMILES string of the molecule is Cc1nnc2c(cnn2C)c1O. The van der Waals surface area contributed by atoms with Crippen molar-refractivity contribution in [2.45, 2.75) is 6.92 Å². The van der Waals surface area contributed by atoms with E-state index in [0.717, 1.165) is 0 Å². The van der Waals surface area contributed by atoms with E-state index in [1.54, 1.807) is 24.9 Å². The third-order valence-corrected chi connectivity index (χ3v) is 1.80. The second-order valence-electron chi connectivity index (χ2n) is 2.64. The molecule has 2 aromatic heterocycles. The van der Waals surface area contributed by atoms with Gasteiger partial charge < -0.3 is 5.11 Å². The first-order valence-corrected chi connectivity index (χ1v) is 3.54. The molecule has 62 valence electrons. The zero-order valence-electron chi connectivity index (χ0n) is 6.81. The van der Waals surface area contributed by atoms with Crippen LogP contribution in [0.15, 0.2) is 6.20 Å². The minimum atomic E-state index is 0.160. The molecule has 0 spiro atoms. The summed E-state index contributed by atoms with van der Waals surface area (Å²) in [5.74, 6) is 0.160. The maximum Gasteiger partial charge on any atom is 0.183 e. The normalized spacial score (nSPS) is 10.8. The van der Waals surface area contributed by atoms with Gasteiger partial charge in [0.1, 0.15) is 5.69 Å². The van der Waals surface area contributed by atoms with E-state index in [-0.39, 0.29) is 5.75 Å². The molecule has 0 saturated carbocycles. The monoisotopic (exact) mass is 164 g/mol. The molecule has 1 N–H and O–H groups in total. The van der Waals surface area contributed by atoms with E-state index in [1.165, 1.54) is 0 Å². The molecule has 0 unspecified atom stereocenters. The van der Waals surface area contributed by atoms with Gasteiger partial charge in [-0.05, 0) is 6.92 Å². The van der Waals surface area contributed by atoms with Crippen LogP contribution in [-0.2, 0) is 7.05 Å². The summed E-state index contributed by atoms with van der Waals surface area (Å²) < 4.78 is 1.57. The molecule has 2 heterocycles. The smallest absolute Gasteiger partial charge is 0.183 e. The third kappa shape index (κ3) is 0.761. The van der Waals surface area contributed by atoms with Gasteiger partial charge in [-0.25, -0.2) is 4.68 Å². The van der Waals surface area contributed by atoms with Crippen molar-refractivity contribution < 1.29 is 5.11 Å². The lowest BCUT2D eigenvalue weighted by molar-refractivity contribution is 0.472. The van der Waals surface area contributed by atoms with E-state index < -0.39 is 0 Å². The Balaban J connectivity index is 2.93. The predicted molar refractivity (Wildman–Crippen MR) is 42.7 cm³/mol. The molecular weight excluding hydrogens is 156 g/mol. The maximum absolute atomic E-state index is 9.52. The second-order valence-corrected chi connectivity index (χ2v) is 2.64. The maximum atomic E-state index is 9.52. The molecule has 0 radical (unpaired) electrons. The molecule has 0 aliphatic heterocycles. The van der Waals surface area contributed by atoms with Crippen molar-refractivity contribution in [1.82, 2.24) is 20.0 Å². The Hall–Kier alpha value is -1.65. The zero-order valence-corrected chi connectivity index (χ0v) is 6.81. The van der Waals surface area contributed by atoms with Gasteiger partial charge in [-0.15, -0.1) is 10.2 Å². The molecule has 2 aromatic rings. The number of hydrogen-bond acceptors (Lipinski definition) is 4. The molecule has 0 amide bonds. The molecule has 0 aliphatic carbocycles. The van der Waals surface area contributed by atoms with E-state index in [1.807, 2.05) is 0 Å². The molecule has 0 aliphatic rings. The Labute approximate surface area is 68.7 Å². The summed E-state index contributed by atoms with van der Waals surface area (Å²) in [6.45, 7) is 1.70. The van der Waals surface area contributed by atoms with Crippen LogP contribution < -0.4 is 0 Å². The highest BCUT2D eigenvalue weighted by molar-refractivity contribution is 5.81. The van der Waals surface area contributed by atoms with Crippen LogP contribution in [0.5, 0.6) is 5.75 Å². The van der Waals surface area contributed by atoms with Crippen LogP contribution in [-0.4, -0.2) is 25.1 Å². The number of fused-ring (bicyclic) bond motifs is 1. The summed E-state index contributed by atoms with van der Waals surface area (Å²) in [6.07, 6.45) is 1.58. The highest BCUT2D eigenvalue weighted by Crippen LogP contribution is 2.23. The van der Waals surface area contributed by atoms with Gasteiger partial charge in [0.15, 0.2) is 11.4 Å². The van der Waals surface area contributed by atoms with Crippen molar-refractivity contribution in [2.75, 3.05) is 0 Å². The molecule has 0 aromatic carbocycles. The third-order valence-electron chi connectivity index (χ3n) is 1.80. The molecule has 0 saturated heterocycles. The number of aromatic nitrogens is 4. The molecule has 0 bridgehead atoms. The van der Waals surface area contributed by atoms with Gasteiger partial charge >= 0.3 is 0 Å². The minimum absolute atomic E-state index is 0.160. The number of aryl methyl sites for hydroxylation is 2. The van der Waals surface area contributed by atoms with Gasteiger partial charge in [-0.3, -0.25) is 0 Å². The van der Waals surface area contributed by atoms with E-state index in [2.05, 4.69) is 15.3 Å². The van der Waals surface area contributed by atoms with Crippen molar-refractivity contribution in [2.24, 2.45) is 7.05 Å². The van der Waals surface area contributed by atoms with Gasteiger partial charge in [0.25, 0.3) is 0 Å². The first-order valence-electron chi connectivity index (χ1n) is 3.54. The lowest BCUT2D eigenvalue weighted by Gasteiger charge is -1.96. The van der Waals surface area contributed by atoms with Gasteiger partial charge in [0.05, 0.1) is 11.6 Å². The number of nitrogens with zero attached hydrogens (tertiary/aromatic N) is 4. The van der Waals surface area contributed by atoms with Crippen molar-refractivity contribution in [3.63, 3.8) is 0 Å². The lowest BCUT2D eigenvalue weighted by Crippen LogP contribution is -1.94. The number of rotatable bonds is 0. The van der Waals surface area contributed by atoms with Gasteiger partial charge in [-0.2, -0.15) is 5.10 Å². The molecule has 0 fully saturated rings. The first kappa shape index (κ1) is 7.02. The summed E-state index contributed by atoms with van der Waals surface area (Å²) in [5, 5.41) is 21.8. The van der Waals surface area contributed by atoms with Gasteiger partial charge in [0, 0.05) is 7.05 Å². The van der Waals surface area contributed by atoms with Gasteiger partial charge in [-0.1, -0.05) is 0 Å². The van der Waals surface area contributed by atoms with Crippen LogP contribution in [0.2, 0.25) is 0 Å². The Kier molecular flexibility index (Phi) is 1.27. The Morgan fingerprint density at radius 3 is 2.92 bits per heavy atom. The topological polar surface area (TPSA) is 63.8 Å². The van der Waals surface area contributed by atoms with Crippen LogP contribution in [0.1, 0.15) is 5.69 Å². The molecule has 12 heavy (non-hydrogen) atoms. The van der Waals surface area contributed by atoms with E-state index in [4.69, 9.17) is 0 Å². The fraction of sp³-hybridized carbons (Fsp3) is 0.286. The summed E-state index contributed by atoms with van der Waals surface area (Å²) >= 11 is 0. The fourth-order valence-corrected chi connectivity index (χ4v) is 1.08. The molecule has 5 nitrogen and oxygen atoms in total. The number of aromatic hydroxyl groups is 1.